The Bertz CT molecular complexity index is 201. The van der Waals surface area contributed by atoms with Crippen LogP contribution in [-0.2, 0) is 4.79 Å². The van der Waals surface area contributed by atoms with Crippen molar-refractivity contribution in [1.82, 2.24) is 10.6 Å². The van der Waals surface area contributed by atoms with Gasteiger partial charge in [-0.15, -0.1) is 0 Å². The van der Waals surface area contributed by atoms with Gasteiger partial charge >= 0.3 is 0 Å². The second kappa shape index (κ2) is 4.68. The fourth-order valence-corrected chi connectivity index (χ4v) is 1.44. The van der Waals surface area contributed by atoms with Crippen LogP contribution < -0.4 is 10.6 Å². The molecular weight excluding hydrogens is 190 g/mol. The Labute approximate surface area is 82.2 Å². The van der Waals surface area contributed by atoms with E-state index in [9.17, 15) is 13.6 Å². The van der Waals surface area contributed by atoms with Crippen molar-refractivity contribution in [1.29, 1.82) is 0 Å². The number of rotatable bonds is 5. The molecule has 0 aliphatic heterocycles. The van der Waals surface area contributed by atoms with E-state index < -0.39 is 11.8 Å². The average Bonchev–Trinajstić information content (AvgIpc) is 2.08. The summed E-state index contributed by atoms with van der Waals surface area (Å²) in [6.45, 7) is 4.01. The molecule has 5 heteroatoms. The molecule has 3 nitrogen and oxygen atoms in total. The summed E-state index contributed by atoms with van der Waals surface area (Å²) in [5.41, 5.74) is 0. The number of halogens is 2. The van der Waals surface area contributed by atoms with E-state index in [1.165, 1.54) is 0 Å². The van der Waals surface area contributed by atoms with Gasteiger partial charge in [-0.2, -0.15) is 0 Å². The zero-order valence-corrected chi connectivity index (χ0v) is 8.28. The van der Waals surface area contributed by atoms with E-state index in [2.05, 4.69) is 10.6 Å². The lowest BCUT2D eigenvalue weighted by molar-refractivity contribution is -0.150. The number of nitrogens with one attached hydrogen (secondary N) is 2. The zero-order chi connectivity index (χ0) is 10.6. The molecule has 0 heterocycles. The highest BCUT2D eigenvalue weighted by Crippen LogP contribution is 2.42. The van der Waals surface area contributed by atoms with Crippen molar-refractivity contribution in [2.75, 3.05) is 19.6 Å². The van der Waals surface area contributed by atoms with Crippen molar-refractivity contribution in [3.05, 3.63) is 0 Å². The minimum absolute atomic E-state index is 0.242. The van der Waals surface area contributed by atoms with Crippen LogP contribution in [0.4, 0.5) is 8.78 Å². The summed E-state index contributed by atoms with van der Waals surface area (Å²) in [4.78, 5) is 11.2. The summed E-state index contributed by atoms with van der Waals surface area (Å²) in [7, 11) is 0. The Morgan fingerprint density at radius 2 is 2.07 bits per heavy atom. The van der Waals surface area contributed by atoms with Crippen molar-refractivity contribution < 1.29 is 13.6 Å². The quantitative estimate of drug-likeness (QED) is 0.652. The van der Waals surface area contributed by atoms with Crippen LogP contribution in [0.5, 0.6) is 0 Å². The number of carbonyl (C=O) groups excluding carboxylic acids is 1. The SMILES string of the molecule is CCNCCNC(=O)C1CC(F)(F)C1. The highest BCUT2D eigenvalue weighted by molar-refractivity contribution is 5.79. The molecule has 0 aromatic heterocycles. The standard InChI is InChI=1S/C9H16F2N2O/c1-2-12-3-4-13-8(14)7-5-9(10,11)6-7/h7,12H,2-6H2,1H3,(H,13,14). The van der Waals surface area contributed by atoms with Gasteiger partial charge in [0.2, 0.25) is 11.8 Å². The maximum absolute atomic E-state index is 12.4. The largest absolute Gasteiger partial charge is 0.355 e. The van der Waals surface area contributed by atoms with Crippen molar-refractivity contribution >= 4 is 5.91 Å². The van der Waals surface area contributed by atoms with E-state index in [0.29, 0.717) is 13.1 Å². The van der Waals surface area contributed by atoms with Crippen molar-refractivity contribution in [2.45, 2.75) is 25.7 Å². The fourth-order valence-electron chi connectivity index (χ4n) is 1.44. The molecule has 1 rings (SSSR count). The molecule has 0 aromatic rings. The summed E-state index contributed by atoms with van der Waals surface area (Å²) in [6.07, 6.45) is -0.583. The Morgan fingerprint density at radius 1 is 1.43 bits per heavy atom. The summed E-state index contributed by atoms with van der Waals surface area (Å²) in [6, 6.07) is 0. The lowest BCUT2D eigenvalue weighted by Gasteiger charge is -2.33. The van der Waals surface area contributed by atoms with Gasteiger partial charge < -0.3 is 10.6 Å². The van der Waals surface area contributed by atoms with Gasteiger partial charge in [0, 0.05) is 31.8 Å². The normalized spacial score (nSPS) is 20.2. The highest BCUT2D eigenvalue weighted by atomic mass is 19.3. The molecule has 0 atom stereocenters. The Kier molecular flexibility index (Phi) is 3.80. The minimum atomic E-state index is -2.61. The maximum atomic E-state index is 12.4. The molecule has 1 aliphatic rings. The number of alkyl halides is 2. The Balaban J connectivity index is 2.06. The molecule has 1 fully saturated rings. The first-order valence-corrected chi connectivity index (χ1v) is 4.91. The third-order valence-electron chi connectivity index (χ3n) is 2.31. The highest BCUT2D eigenvalue weighted by Gasteiger charge is 2.48. The van der Waals surface area contributed by atoms with E-state index in [0.717, 1.165) is 6.54 Å². The van der Waals surface area contributed by atoms with Gasteiger partial charge in [0.15, 0.2) is 0 Å². The van der Waals surface area contributed by atoms with E-state index in [-0.39, 0.29) is 18.7 Å². The van der Waals surface area contributed by atoms with Gasteiger partial charge in [0.05, 0.1) is 0 Å². The van der Waals surface area contributed by atoms with Gasteiger partial charge in [-0.25, -0.2) is 8.78 Å². The van der Waals surface area contributed by atoms with Crippen molar-refractivity contribution in [3.8, 4) is 0 Å². The maximum Gasteiger partial charge on any atom is 0.249 e. The number of likely N-dealkylation sites (N-methyl/N-ethyl adjacent to an activating group) is 1. The predicted molar refractivity (Wildman–Crippen MR) is 49.2 cm³/mol. The van der Waals surface area contributed by atoms with Gasteiger partial charge in [0.25, 0.3) is 0 Å². The molecule has 0 saturated heterocycles. The van der Waals surface area contributed by atoms with E-state index in [1.54, 1.807) is 0 Å². The van der Waals surface area contributed by atoms with Crippen molar-refractivity contribution in [3.63, 3.8) is 0 Å². The van der Waals surface area contributed by atoms with Crippen LogP contribution in [0.3, 0.4) is 0 Å². The monoisotopic (exact) mass is 206 g/mol. The second-order valence-electron chi connectivity index (χ2n) is 3.61. The van der Waals surface area contributed by atoms with Crippen LogP contribution in [0, 0.1) is 5.92 Å². The fraction of sp³-hybridized carbons (Fsp3) is 0.889. The van der Waals surface area contributed by atoms with Crippen LogP contribution in [0.2, 0.25) is 0 Å². The molecule has 2 N–H and O–H groups in total. The van der Waals surface area contributed by atoms with Crippen LogP contribution in [0.15, 0.2) is 0 Å². The van der Waals surface area contributed by atoms with Crippen LogP contribution in [-0.4, -0.2) is 31.5 Å². The number of amides is 1. The molecular formula is C9H16F2N2O. The first kappa shape index (κ1) is 11.4. The molecule has 0 spiro atoms. The summed E-state index contributed by atoms with van der Waals surface area (Å²) >= 11 is 0. The van der Waals surface area contributed by atoms with Crippen LogP contribution in [0.25, 0.3) is 0 Å². The smallest absolute Gasteiger partial charge is 0.249 e. The van der Waals surface area contributed by atoms with Gasteiger partial charge in [0.1, 0.15) is 0 Å². The topological polar surface area (TPSA) is 41.1 Å². The summed E-state index contributed by atoms with van der Waals surface area (Å²) in [5, 5.41) is 5.65. The van der Waals surface area contributed by atoms with Crippen LogP contribution >= 0.6 is 0 Å². The molecule has 0 unspecified atom stereocenters. The first-order chi connectivity index (χ1) is 6.55. The number of carbonyl (C=O) groups is 1. The van der Waals surface area contributed by atoms with E-state index >= 15 is 0 Å². The molecule has 1 aliphatic carbocycles. The second-order valence-corrected chi connectivity index (χ2v) is 3.61. The summed E-state index contributed by atoms with van der Waals surface area (Å²) < 4.78 is 24.8. The zero-order valence-electron chi connectivity index (χ0n) is 8.28. The van der Waals surface area contributed by atoms with E-state index in [4.69, 9.17) is 0 Å². The van der Waals surface area contributed by atoms with Crippen LogP contribution in [0.1, 0.15) is 19.8 Å². The lowest BCUT2D eigenvalue weighted by Crippen LogP contribution is -2.46. The third kappa shape index (κ3) is 3.21. The number of hydrogen-bond acceptors (Lipinski definition) is 2. The van der Waals surface area contributed by atoms with Gasteiger partial charge in [-0.05, 0) is 6.54 Å². The molecule has 0 aromatic carbocycles. The third-order valence-corrected chi connectivity index (χ3v) is 2.31. The molecule has 0 radical (unpaired) electrons. The Morgan fingerprint density at radius 3 is 2.57 bits per heavy atom. The van der Waals surface area contributed by atoms with Gasteiger partial charge in [-0.3, -0.25) is 4.79 Å². The average molecular weight is 206 g/mol. The molecule has 0 bridgehead atoms. The lowest BCUT2D eigenvalue weighted by atomic mass is 9.81. The summed E-state index contributed by atoms with van der Waals surface area (Å²) in [5.74, 6) is -3.33. The first-order valence-electron chi connectivity index (χ1n) is 4.91. The Hall–Kier alpha value is -0.710. The number of hydrogen-bond donors (Lipinski definition) is 2. The van der Waals surface area contributed by atoms with Gasteiger partial charge in [-0.1, -0.05) is 6.92 Å². The van der Waals surface area contributed by atoms with E-state index in [1.807, 2.05) is 6.92 Å². The molecule has 82 valence electrons. The predicted octanol–water partition coefficient (Wildman–Crippen LogP) is 0.757. The molecule has 1 amide bonds. The molecule has 1 saturated carbocycles. The molecule has 14 heavy (non-hydrogen) atoms. The minimum Gasteiger partial charge on any atom is -0.355 e. The van der Waals surface area contributed by atoms with Crippen molar-refractivity contribution in [2.24, 2.45) is 5.92 Å².